The minimum Gasteiger partial charge on any atom is -0.460 e. The minimum atomic E-state index is -0.840. The number of nitrogens with zero attached hydrogens (tertiary/aromatic N) is 1. The monoisotopic (exact) mass is 629 g/mol. The van der Waals surface area contributed by atoms with E-state index < -0.39 is 28.9 Å². The van der Waals surface area contributed by atoms with Crippen molar-refractivity contribution in [2.45, 2.75) is 123 Å². The van der Waals surface area contributed by atoms with E-state index in [-0.39, 0.29) is 69.8 Å². The first-order valence-corrected chi connectivity index (χ1v) is 16.7. The van der Waals surface area contributed by atoms with Crippen molar-refractivity contribution in [2.75, 3.05) is 0 Å². The Kier molecular flexibility index (Phi) is 9.32. The van der Waals surface area contributed by atoms with Crippen LogP contribution in [0.2, 0.25) is 0 Å². The van der Waals surface area contributed by atoms with E-state index in [1.54, 1.807) is 0 Å². The maximum atomic E-state index is 12.6. The molecule has 1 aromatic carbocycles. The van der Waals surface area contributed by atoms with Gasteiger partial charge in [-0.2, -0.15) is 0 Å². The molecular weight excluding hydrogens is 578 g/mol. The van der Waals surface area contributed by atoms with Crippen LogP contribution in [0.5, 0.6) is 5.75 Å². The first-order chi connectivity index (χ1) is 21.0. The SMILES string of the molecule is C[C@H](CCC(=O)OC(C)(C)C)C1CCC2C3C(C[C@H](O)[C@@]21C)[C@@]1(C)CC[C@@H](OC(=O)Oc2ccc([N+](=O)[O-])cc2)CC1C[C@H]3O. The summed E-state index contributed by atoms with van der Waals surface area (Å²) in [5.41, 5.74) is -1.01. The fraction of sp³-hybridized carbons (Fsp3) is 0.771. The third-order valence-corrected chi connectivity index (χ3v) is 12.2. The number of esters is 1. The molecular formula is C35H51NO9. The van der Waals surface area contributed by atoms with Gasteiger partial charge in [0, 0.05) is 18.6 Å². The lowest BCUT2D eigenvalue weighted by atomic mass is 9.43. The number of non-ortho nitro benzene ring substituents is 1. The van der Waals surface area contributed by atoms with Crippen LogP contribution < -0.4 is 4.74 Å². The van der Waals surface area contributed by atoms with E-state index in [0.29, 0.717) is 32.1 Å². The molecule has 4 aliphatic carbocycles. The number of ether oxygens (including phenoxy) is 3. The average molecular weight is 630 g/mol. The number of rotatable bonds is 7. The highest BCUT2D eigenvalue weighted by molar-refractivity contribution is 5.69. The normalized spacial score (nSPS) is 38.2. The van der Waals surface area contributed by atoms with Crippen molar-refractivity contribution in [3.63, 3.8) is 0 Å². The summed E-state index contributed by atoms with van der Waals surface area (Å²) >= 11 is 0. The first-order valence-electron chi connectivity index (χ1n) is 16.7. The summed E-state index contributed by atoms with van der Waals surface area (Å²) in [5, 5.41) is 34.5. The van der Waals surface area contributed by atoms with Gasteiger partial charge in [-0.05, 0) is 131 Å². The molecule has 4 fully saturated rings. The number of benzene rings is 1. The van der Waals surface area contributed by atoms with Crippen molar-refractivity contribution >= 4 is 17.8 Å². The maximum absolute atomic E-state index is 12.6. The fourth-order valence-electron chi connectivity index (χ4n) is 10.1. The lowest BCUT2D eigenvalue weighted by molar-refractivity contribution is -0.384. The van der Waals surface area contributed by atoms with E-state index in [0.717, 1.165) is 25.7 Å². The molecule has 0 bridgehead atoms. The lowest BCUT2D eigenvalue weighted by Crippen LogP contribution is -2.62. The highest BCUT2D eigenvalue weighted by atomic mass is 16.7. The van der Waals surface area contributed by atoms with Crippen LogP contribution in [0.1, 0.15) is 99.3 Å². The molecule has 11 atom stereocenters. The van der Waals surface area contributed by atoms with Crippen molar-refractivity contribution < 1.29 is 38.9 Å². The van der Waals surface area contributed by atoms with Crippen LogP contribution in [0.15, 0.2) is 24.3 Å². The highest BCUT2D eigenvalue weighted by Gasteiger charge is 2.65. The molecule has 0 aromatic heterocycles. The molecule has 0 spiro atoms. The minimum absolute atomic E-state index is 0.0885. The number of aliphatic hydroxyl groups excluding tert-OH is 2. The zero-order chi connectivity index (χ0) is 32.9. The number of carbonyl (C=O) groups excluding carboxylic acids is 2. The zero-order valence-corrected chi connectivity index (χ0v) is 27.6. The Morgan fingerprint density at radius 3 is 2.38 bits per heavy atom. The molecule has 10 heteroatoms. The molecule has 0 saturated heterocycles. The van der Waals surface area contributed by atoms with Crippen molar-refractivity contribution in [3.8, 4) is 5.75 Å². The van der Waals surface area contributed by atoms with Gasteiger partial charge in [0.05, 0.1) is 17.1 Å². The second kappa shape index (κ2) is 12.5. The molecule has 10 nitrogen and oxygen atoms in total. The van der Waals surface area contributed by atoms with Crippen LogP contribution in [-0.4, -0.2) is 51.2 Å². The summed E-state index contributed by atoms with van der Waals surface area (Å²) < 4.78 is 16.5. The van der Waals surface area contributed by atoms with Gasteiger partial charge in [-0.15, -0.1) is 0 Å². The topological polar surface area (TPSA) is 145 Å². The molecule has 0 aliphatic heterocycles. The number of fused-ring (bicyclic) bond motifs is 5. The van der Waals surface area contributed by atoms with Crippen LogP contribution in [0, 0.1) is 56.5 Å². The van der Waals surface area contributed by atoms with Crippen LogP contribution in [0.25, 0.3) is 0 Å². The van der Waals surface area contributed by atoms with Gasteiger partial charge in [0.15, 0.2) is 0 Å². The summed E-state index contributed by atoms with van der Waals surface area (Å²) in [6.45, 7) is 12.4. The molecule has 1 aromatic rings. The standard InChI is InChI=1S/C35H51NO9/c1-20(7-14-30(39)45-33(2,3)4)25-12-13-26-31-27(19-29(38)35(25,26)6)34(5)16-15-24(17-21(34)18-28(31)37)44-32(40)43-23-10-8-22(9-11-23)36(41)42/h8-11,20-21,24-29,31,37-38H,7,12-19H2,1-6H3/t20-,21?,24-,25?,26?,27?,28-,29+,31?,34+,35-/m1/s1. The van der Waals surface area contributed by atoms with Crippen LogP contribution >= 0.6 is 0 Å². The Hall–Kier alpha value is -2.72. The molecule has 4 saturated carbocycles. The molecule has 45 heavy (non-hydrogen) atoms. The molecule has 4 aliphatic rings. The molecule has 0 heterocycles. The molecule has 5 unspecified atom stereocenters. The molecule has 0 radical (unpaired) electrons. The third-order valence-electron chi connectivity index (χ3n) is 12.2. The van der Waals surface area contributed by atoms with Crippen LogP contribution in [0.4, 0.5) is 10.5 Å². The van der Waals surface area contributed by atoms with E-state index in [1.165, 1.54) is 24.3 Å². The zero-order valence-electron chi connectivity index (χ0n) is 27.6. The Balaban J connectivity index is 1.22. The number of nitro groups is 1. The summed E-state index contributed by atoms with van der Waals surface area (Å²) in [4.78, 5) is 35.4. The number of nitro benzene ring substituents is 1. The maximum Gasteiger partial charge on any atom is 0.514 e. The quantitative estimate of drug-likeness (QED) is 0.143. The number of aliphatic hydroxyl groups is 2. The molecule has 0 amide bonds. The first kappa shape index (κ1) is 33.6. The summed E-state index contributed by atoms with van der Waals surface area (Å²) in [6, 6.07) is 5.28. The third kappa shape index (κ3) is 6.59. The predicted octanol–water partition coefficient (Wildman–Crippen LogP) is 6.84. The van der Waals surface area contributed by atoms with Crippen molar-refractivity contribution in [3.05, 3.63) is 34.4 Å². The Morgan fingerprint density at radius 1 is 1.04 bits per heavy atom. The van der Waals surface area contributed by atoms with Crippen LogP contribution in [0.3, 0.4) is 0 Å². The van der Waals surface area contributed by atoms with E-state index in [9.17, 15) is 29.9 Å². The van der Waals surface area contributed by atoms with E-state index in [4.69, 9.17) is 14.2 Å². The summed E-state index contributed by atoms with van der Waals surface area (Å²) in [6.07, 6.45) is 4.26. The highest BCUT2D eigenvalue weighted by Crippen LogP contribution is 2.68. The van der Waals surface area contributed by atoms with Gasteiger partial charge in [-0.3, -0.25) is 14.9 Å². The molecule has 5 rings (SSSR count). The van der Waals surface area contributed by atoms with Gasteiger partial charge < -0.3 is 24.4 Å². The summed E-state index contributed by atoms with van der Waals surface area (Å²) in [7, 11) is 0. The van der Waals surface area contributed by atoms with Crippen molar-refractivity contribution in [1.29, 1.82) is 0 Å². The van der Waals surface area contributed by atoms with E-state index >= 15 is 0 Å². The second-order valence-corrected chi connectivity index (χ2v) is 15.8. The van der Waals surface area contributed by atoms with E-state index in [2.05, 4.69) is 20.8 Å². The smallest absolute Gasteiger partial charge is 0.460 e. The number of carbonyl (C=O) groups is 2. The Bertz CT molecular complexity index is 1260. The predicted molar refractivity (Wildman–Crippen MR) is 166 cm³/mol. The molecule has 2 N–H and O–H groups in total. The number of hydrogen-bond acceptors (Lipinski definition) is 9. The van der Waals surface area contributed by atoms with Crippen LogP contribution in [-0.2, 0) is 14.3 Å². The van der Waals surface area contributed by atoms with Gasteiger partial charge in [0.25, 0.3) is 5.69 Å². The summed E-state index contributed by atoms with van der Waals surface area (Å²) in [5.74, 6) is 1.13. The lowest BCUT2D eigenvalue weighted by Gasteiger charge is -2.63. The average Bonchev–Trinajstić information content (AvgIpc) is 3.31. The van der Waals surface area contributed by atoms with Crippen molar-refractivity contribution in [1.82, 2.24) is 0 Å². The van der Waals surface area contributed by atoms with Gasteiger partial charge in [-0.25, -0.2) is 4.79 Å². The molecule has 250 valence electrons. The van der Waals surface area contributed by atoms with Gasteiger partial charge in [-0.1, -0.05) is 20.8 Å². The second-order valence-electron chi connectivity index (χ2n) is 15.8. The van der Waals surface area contributed by atoms with Gasteiger partial charge >= 0.3 is 12.1 Å². The van der Waals surface area contributed by atoms with Crippen molar-refractivity contribution in [2.24, 2.45) is 46.3 Å². The number of hydrogen-bond donors (Lipinski definition) is 2. The van der Waals surface area contributed by atoms with Gasteiger partial charge in [0.2, 0.25) is 0 Å². The Labute approximate surface area is 266 Å². The largest absolute Gasteiger partial charge is 0.514 e. The fourth-order valence-corrected chi connectivity index (χ4v) is 10.1. The van der Waals surface area contributed by atoms with E-state index in [1.807, 2.05) is 20.8 Å². The Morgan fingerprint density at radius 2 is 1.73 bits per heavy atom. The van der Waals surface area contributed by atoms with Gasteiger partial charge in [0.1, 0.15) is 17.5 Å².